The summed E-state index contributed by atoms with van der Waals surface area (Å²) < 4.78 is 7.97. The van der Waals surface area contributed by atoms with E-state index in [4.69, 9.17) is 4.74 Å². The summed E-state index contributed by atoms with van der Waals surface area (Å²) in [6.45, 7) is 4.94. The van der Waals surface area contributed by atoms with Gasteiger partial charge in [0, 0.05) is 20.0 Å². The molecule has 0 radical (unpaired) electrons. The fourth-order valence-corrected chi connectivity index (χ4v) is 3.03. The summed E-state index contributed by atoms with van der Waals surface area (Å²) in [5, 5.41) is 15.2. The second kappa shape index (κ2) is 9.22. The molecule has 0 saturated carbocycles. The molecule has 0 unspecified atom stereocenters. The molecule has 1 aliphatic rings. The summed E-state index contributed by atoms with van der Waals surface area (Å²) in [6, 6.07) is 8.06. The van der Waals surface area contributed by atoms with Crippen molar-refractivity contribution >= 4 is 5.96 Å². The Morgan fingerprint density at radius 2 is 2.00 bits per heavy atom. The number of aromatic nitrogens is 3. The van der Waals surface area contributed by atoms with Crippen LogP contribution in [0.5, 0.6) is 5.75 Å². The average molecular weight is 356 g/mol. The fourth-order valence-electron chi connectivity index (χ4n) is 3.03. The Morgan fingerprint density at radius 1 is 1.15 bits per heavy atom. The number of guanidine groups is 1. The SMILES string of the molecule is CN=C(NCCOc1ccc(C)cc1)NCc1nnc2n1CCCCC2. The number of fused-ring (bicyclic) bond motifs is 1. The number of hydrogen-bond donors (Lipinski definition) is 2. The van der Waals surface area contributed by atoms with Gasteiger partial charge in [-0.2, -0.15) is 0 Å². The zero-order chi connectivity index (χ0) is 18.2. The summed E-state index contributed by atoms with van der Waals surface area (Å²) in [4.78, 5) is 4.26. The average Bonchev–Trinajstić information content (AvgIpc) is 2.89. The van der Waals surface area contributed by atoms with E-state index in [0.717, 1.165) is 36.3 Å². The molecule has 0 saturated heterocycles. The molecule has 7 nitrogen and oxygen atoms in total. The van der Waals surface area contributed by atoms with Gasteiger partial charge in [0.05, 0.1) is 13.1 Å². The van der Waals surface area contributed by atoms with Crippen LogP contribution in [0.4, 0.5) is 0 Å². The number of ether oxygens (including phenoxy) is 1. The molecule has 0 bridgehead atoms. The van der Waals surface area contributed by atoms with E-state index in [1.165, 1.54) is 24.8 Å². The Balaban J connectivity index is 1.42. The van der Waals surface area contributed by atoms with E-state index >= 15 is 0 Å². The number of rotatable bonds is 6. The third-order valence-corrected chi connectivity index (χ3v) is 4.51. The molecule has 0 atom stereocenters. The molecule has 0 fully saturated rings. The van der Waals surface area contributed by atoms with Crippen molar-refractivity contribution in [2.24, 2.45) is 4.99 Å². The molecule has 0 spiro atoms. The maximum atomic E-state index is 5.72. The van der Waals surface area contributed by atoms with E-state index in [1.54, 1.807) is 7.05 Å². The first kappa shape index (κ1) is 18.2. The number of aryl methyl sites for hydroxylation is 2. The van der Waals surface area contributed by atoms with Crippen LogP contribution in [0.25, 0.3) is 0 Å². The first-order valence-electron chi connectivity index (χ1n) is 9.31. The van der Waals surface area contributed by atoms with Crippen molar-refractivity contribution in [2.45, 2.75) is 45.7 Å². The minimum absolute atomic E-state index is 0.574. The fraction of sp³-hybridized carbons (Fsp3) is 0.526. The largest absolute Gasteiger partial charge is 0.492 e. The van der Waals surface area contributed by atoms with Crippen LogP contribution >= 0.6 is 0 Å². The van der Waals surface area contributed by atoms with Gasteiger partial charge in [-0.15, -0.1) is 10.2 Å². The predicted molar refractivity (Wildman–Crippen MR) is 102 cm³/mol. The Morgan fingerprint density at radius 3 is 2.81 bits per heavy atom. The minimum atomic E-state index is 0.574. The summed E-state index contributed by atoms with van der Waals surface area (Å²) in [6.07, 6.45) is 4.69. The van der Waals surface area contributed by atoms with E-state index in [9.17, 15) is 0 Å². The first-order valence-corrected chi connectivity index (χ1v) is 9.31. The standard InChI is InChI=1S/C19H28N6O/c1-15-7-9-16(10-8-15)26-13-11-21-19(20-2)22-14-18-24-23-17-6-4-3-5-12-25(17)18/h7-10H,3-6,11-14H2,1-2H3,(H2,20,21,22). The van der Waals surface area contributed by atoms with E-state index < -0.39 is 0 Å². The van der Waals surface area contributed by atoms with Gasteiger partial charge in [0.25, 0.3) is 0 Å². The van der Waals surface area contributed by atoms with Gasteiger partial charge in [0.2, 0.25) is 0 Å². The van der Waals surface area contributed by atoms with Gasteiger partial charge in [-0.05, 0) is 31.9 Å². The topological polar surface area (TPSA) is 76.4 Å². The molecule has 0 amide bonds. The lowest BCUT2D eigenvalue weighted by Gasteiger charge is -2.13. The van der Waals surface area contributed by atoms with Crippen LogP contribution in [0.15, 0.2) is 29.3 Å². The summed E-state index contributed by atoms with van der Waals surface area (Å²) >= 11 is 0. The van der Waals surface area contributed by atoms with Crippen molar-refractivity contribution in [1.82, 2.24) is 25.4 Å². The lowest BCUT2D eigenvalue weighted by molar-refractivity contribution is 0.322. The van der Waals surface area contributed by atoms with Crippen molar-refractivity contribution in [3.63, 3.8) is 0 Å². The molecule has 2 N–H and O–H groups in total. The van der Waals surface area contributed by atoms with Crippen LogP contribution in [0.2, 0.25) is 0 Å². The number of hydrogen-bond acceptors (Lipinski definition) is 4. The van der Waals surface area contributed by atoms with Gasteiger partial charge < -0.3 is 19.9 Å². The highest BCUT2D eigenvalue weighted by atomic mass is 16.5. The maximum absolute atomic E-state index is 5.72. The first-order chi connectivity index (χ1) is 12.8. The maximum Gasteiger partial charge on any atom is 0.191 e. The van der Waals surface area contributed by atoms with E-state index in [-0.39, 0.29) is 0 Å². The van der Waals surface area contributed by atoms with Gasteiger partial charge in [-0.1, -0.05) is 24.1 Å². The van der Waals surface area contributed by atoms with Crippen LogP contribution in [0, 0.1) is 6.92 Å². The molecule has 2 heterocycles. The number of aliphatic imine (C=N–C) groups is 1. The summed E-state index contributed by atoms with van der Waals surface area (Å²) in [7, 11) is 1.76. The lowest BCUT2D eigenvalue weighted by Crippen LogP contribution is -2.39. The molecule has 140 valence electrons. The van der Waals surface area contributed by atoms with Crippen molar-refractivity contribution in [1.29, 1.82) is 0 Å². The monoisotopic (exact) mass is 356 g/mol. The number of nitrogens with zero attached hydrogens (tertiary/aromatic N) is 4. The Labute approximate surface area is 154 Å². The van der Waals surface area contributed by atoms with Crippen molar-refractivity contribution in [3.8, 4) is 5.75 Å². The van der Waals surface area contributed by atoms with Crippen LogP contribution in [-0.2, 0) is 19.5 Å². The molecule has 0 aliphatic carbocycles. The van der Waals surface area contributed by atoms with Gasteiger partial charge in [-0.25, -0.2) is 0 Å². The minimum Gasteiger partial charge on any atom is -0.492 e. The van der Waals surface area contributed by atoms with Crippen LogP contribution in [-0.4, -0.2) is 40.9 Å². The highest BCUT2D eigenvalue weighted by Gasteiger charge is 2.14. The van der Waals surface area contributed by atoms with Crippen LogP contribution in [0.1, 0.15) is 36.5 Å². The van der Waals surface area contributed by atoms with Gasteiger partial charge >= 0.3 is 0 Å². The zero-order valence-electron chi connectivity index (χ0n) is 15.7. The molecular formula is C19H28N6O. The lowest BCUT2D eigenvalue weighted by atomic mass is 10.2. The Hall–Kier alpha value is -2.57. The van der Waals surface area contributed by atoms with Gasteiger partial charge in [0.1, 0.15) is 18.2 Å². The Bertz CT molecular complexity index is 722. The number of benzene rings is 1. The molecular weight excluding hydrogens is 328 g/mol. The second-order valence-electron chi connectivity index (χ2n) is 6.51. The predicted octanol–water partition coefficient (Wildman–Crippen LogP) is 2.06. The van der Waals surface area contributed by atoms with E-state index in [2.05, 4.69) is 37.3 Å². The molecule has 1 aromatic heterocycles. The van der Waals surface area contributed by atoms with E-state index in [0.29, 0.717) is 19.7 Å². The molecule has 3 rings (SSSR count). The third-order valence-electron chi connectivity index (χ3n) is 4.51. The van der Waals surface area contributed by atoms with Crippen LogP contribution < -0.4 is 15.4 Å². The summed E-state index contributed by atoms with van der Waals surface area (Å²) in [5.74, 6) is 3.70. The van der Waals surface area contributed by atoms with Gasteiger partial charge in [0.15, 0.2) is 11.8 Å². The van der Waals surface area contributed by atoms with Crippen molar-refractivity contribution < 1.29 is 4.74 Å². The second-order valence-corrected chi connectivity index (χ2v) is 6.51. The van der Waals surface area contributed by atoms with Crippen molar-refractivity contribution in [3.05, 3.63) is 41.5 Å². The van der Waals surface area contributed by atoms with Gasteiger partial charge in [-0.3, -0.25) is 4.99 Å². The highest BCUT2D eigenvalue weighted by molar-refractivity contribution is 5.79. The Kier molecular flexibility index (Phi) is 6.46. The molecule has 26 heavy (non-hydrogen) atoms. The summed E-state index contributed by atoms with van der Waals surface area (Å²) in [5.41, 5.74) is 1.23. The smallest absolute Gasteiger partial charge is 0.191 e. The molecule has 7 heteroatoms. The molecule has 1 aliphatic heterocycles. The highest BCUT2D eigenvalue weighted by Crippen LogP contribution is 2.14. The van der Waals surface area contributed by atoms with Crippen molar-refractivity contribution in [2.75, 3.05) is 20.2 Å². The normalized spacial score (nSPS) is 14.5. The zero-order valence-corrected chi connectivity index (χ0v) is 15.7. The van der Waals surface area contributed by atoms with Crippen LogP contribution in [0.3, 0.4) is 0 Å². The quantitative estimate of drug-likeness (QED) is 0.471. The molecule has 2 aromatic rings. The molecule has 1 aromatic carbocycles. The number of nitrogens with one attached hydrogen (secondary N) is 2. The van der Waals surface area contributed by atoms with E-state index in [1.807, 2.05) is 24.3 Å². The third kappa shape index (κ3) is 4.97.